The van der Waals surface area contributed by atoms with Crippen molar-refractivity contribution in [3.63, 3.8) is 0 Å². The Morgan fingerprint density at radius 1 is 1.35 bits per heavy atom. The second kappa shape index (κ2) is 6.51. The molecule has 0 radical (unpaired) electrons. The minimum absolute atomic E-state index is 0.138. The molecule has 1 rings (SSSR count). The molecule has 17 heavy (non-hydrogen) atoms. The Labute approximate surface area is 99.4 Å². The summed E-state index contributed by atoms with van der Waals surface area (Å²) in [6, 6.07) is 2.45. The SMILES string of the molecule is CCNCc1cc(F)c(OCC(C)O)c(F)c1. The number of aliphatic hydroxyl groups excluding tert-OH is 1. The molecular weight excluding hydrogens is 228 g/mol. The first-order valence-corrected chi connectivity index (χ1v) is 5.54. The summed E-state index contributed by atoms with van der Waals surface area (Å²) in [5.74, 6) is -1.94. The van der Waals surface area contributed by atoms with Gasteiger partial charge in [-0.3, -0.25) is 0 Å². The van der Waals surface area contributed by atoms with Crippen molar-refractivity contribution in [2.45, 2.75) is 26.5 Å². The molecule has 3 nitrogen and oxygen atoms in total. The van der Waals surface area contributed by atoms with Gasteiger partial charge in [-0.25, -0.2) is 8.78 Å². The van der Waals surface area contributed by atoms with Gasteiger partial charge in [-0.15, -0.1) is 0 Å². The van der Waals surface area contributed by atoms with Gasteiger partial charge in [-0.2, -0.15) is 0 Å². The van der Waals surface area contributed by atoms with E-state index >= 15 is 0 Å². The number of benzene rings is 1. The largest absolute Gasteiger partial charge is 0.485 e. The Morgan fingerprint density at radius 2 is 1.94 bits per heavy atom. The maximum atomic E-state index is 13.5. The van der Waals surface area contributed by atoms with Crippen molar-refractivity contribution >= 4 is 0 Å². The van der Waals surface area contributed by atoms with E-state index in [2.05, 4.69) is 5.32 Å². The van der Waals surface area contributed by atoms with Crippen molar-refractivity contribution in [3.05, 3.63) is 29.3 Å². The average molecular weight is 245 g/mol. The molecule has 96 valence electrons. The number of ether oxygens (including phenoxy) is 1. The van der Waals surface area contributed by atoms with Crippen LogP contribution in [0.3, 0.4) is 0 Å². The highest BCUT2D eigenvalue weighted by Crippen LogP contribution is 2.23. The zero-order chi connectivity index (χ0) is 12.8. The fraction of sp³-hybridized carbons (Fsp3) is 0.500. The average Bonchev–Trinajstić information content (AvgIpc) is 2.24. The second-order valence-corrected chi connectivity index (χ2v) is 3.83. The van der Waals surface area contributed by atoms with Crippen LogP contribution in [0.2, 0.25) is 0 Å². The molecule has 0 aliphatic carbocycles. The predicted molar refractivity (Wildman–Crippen MR) is 60.9 cm³/mol. The van der Waals surface area contributed by atoms with Gasteiger partial charge < -0.3 is 15.2 Å². The lowest BCUT2D eigenvalue weighted by Gasteiger charge is -2.11. The zero-order valence-corrected chi connectivity index (χ0v) is 9.96. The Hall–Kier alpha value is -1.20. The number of aliphatic hydroxyl groups is 1. The van der Waals surface area contributed by atoms with E-state index in [1.165, 1.54) is 19.1 Å². The van der Waals surface area contributed by atoms with Crippen LogP contribution in [0.5, 0.6) is 5.75 Å². The third kappa shape index (κ3) is 4.28. The van der Waals surface area contributed by atoms with Crippen LogP contribution in [0, 0.1) is 11.6 Å². The molecule has 2 N–H and O–H groups in total. The van der Waals surface area contributed by atoms with E-state index in [0.717, 1.165) is 6.54 Å². The quantitative estimate of drug-likeness (QED) is 0.803. The first kappa shape index (κ1) is 13.9. The van der Waals surface area contributed by atoms with Gasteiger partial charge in [0.25, 0.3) is 0 Å². The predicted octanol–water partition coefficient (Wildman–Crippen LogP) is 1.83. The minimum atomic E-state index is -0.768. The highest BCUT2D eigenvalue weighted by Gasteiger charge is 2.13. The summed E-state index contributed by atoms with van der Waals surface area (Å²) in [4.78, 5) is 0. The van der Waals surface area contributed by atoms with Gasteiger partial charge in [0.05, 0.1) is 6.10 Å². The van der Waals surface area contributed by atoms with E-state index in [1.807, 2.05) is 6.92 Å². The monoisotopic (exact) mass is 245 g/mol. The van der Waals surface area contributed by atoms with Crippen molar-refractivity contribution in [3.8, 4) is 5.75 Å². The molecule has 0 saturated heterocycles. The summed E-state index contributed by atoms with van der Waals surface area (Å²) in [5.41, 5.74) is 0.520. The smallest absolute Gasteiger partial charge is 0.190 e. The van der Waals surface area contributed by atoms with Crippen molar-refractivity contribution in [1.82, 2.24) is 5.32 Å². The summed E-state index contributed by atoms with van der Waals surface area (Å²) < 4.78 is 31.9. The molecule has 1 aromatic carbocycles. The van der Waals surface area contributed by atoms with Crippen molar-refractivity contribution in [2.24, 2.45) is 0 Å². The Morgan fingerprint density at radius 3 is 2.41 bits per heavy atom. The Kier molecular flexibility index (Phi) is 5.31. The van der Waals surface area contributed by atoms with Crippen LogP contribution in [-0.2, 0) is 6.54 Å². The van der Waals surface area contributed by atoms with E-state index in [1.54, 1.807) is 0 Å². The lowest BCUT2D eigenvalue weighted by Crippen LogP contribution is -2.15. The summed E-state index contributed by atoms with van der Waals surface area (Å²) in [6.45, 7) is 4.38. The fourth-order valence-corrected chi connectivity index (χ4v) is 1.33. The molecule has 0 aliphatic rings. The highest BCUT2D eigenvalue weighted by atomic mass is 19.1. The third-order valence-corrected chi connectivity index (χ3v) is 2.11. The number of hydrogen-bond acceptors (Lipinski definition) is 3. The van der Waals surface area contributed by atoms with Crippen LogP contribution in [0.1, 0.15) is 19.4 Å². The molecule has 1 aromatic rings. The van der Waals surface area contributed by atoms with E-state index in [4.69, 9.17) is 9.84 Å². The lowest BCUT2D eigenvalue weighted by atomic mass is 10.2. The highest BCUT2D eigenvalue weighted by molar-refractivity contribution is 5.31. The molecule has 5 heteroatoms. The standard InChI is InChI=1S/C12H17F2NO2/c1-3-15-6-9-4-10(13)12(11(14)5-9)17-7-8(2)16/h4-5,8,15-16H,3,6-7H2,1-2H3. The zero-order valence-electron chi connectivity index (χ0n) is 9.96. The van der Waals surface area contributed by atoms with E-state index in [0.29, 0.717) is 12.1 Å². The molecule has 0 spiro atoms. The van der Waals surface area contributed by atoms with Gasteiger partial charge >= 0.3 is 0 Å². The van der Waals surface area contributed by atoms with Crippen LogP contribution in [0.15, 0.2) is 12.1 Å². The minimum Gasteiger partial charge on any atom is -0.485 e. The normalized spacial score (nSPS) is 12.5. The van der Waals surface area contributed by atoms with E-state index in [9.17, 15) is 8.78 Å². The summed E-state index contributed by atoms with van der Waals surface area (Å²) >= 11 is 0. The van der Waals surface area contributed by atoms with Crippen molar-refractivity contribution in [2.75, 3.05) is 13.2 Å². The molecule has 0 saturated carbocycles. The Balaban J connectivity index is 2.79. The lowest BCUT2D eigenvalue weighted by molar-refractivity contribution is 0.117. The number of halogens is 2. The Bertz CT molecular complexity index is 347. The van der Waals surface area contributed by atoms with Crippen molar-refractivity contribution < 1.29 is 18.6 Å². The number of nitrogens with one attached hydrogen (secondary N) is 1. The van der Waals surface area contributed by atoms with Crippen LogP contribution >= 0.6 is 0 Å². The van der Waals surface area contributed by atoms with Gasteiger partial charge in [0.2, 0.25) is 0 Å². The van der Waals surface area contributed by atoms with E-state index < -0.39 is 23.5 Å². The van der Waals surface area contributed by atoms with Crippen LogP contribution in [0.25, 0.3) is 0 Å². The molecular formula is C12H17F2NO2. The first-order valence-electron chi connectivity index (χ1n) is 5.54. The molecule has 0 bridgehead atoms. The number of rotatable bonds is 6. The topological polar surface area (TPSA) is 41.5 Å². The number of hydrogen-bond donors (Lipinski definition) is 2. The van der Waals surface area contributed by atoms with Crippen LogP contribution in [0.4, 0.5) is 8.78 Å². The molecule has 0 aromatic heterocycles. The maximum absolute atomic E-state index is 13.5. The summed E-state index contributed by atoms with van der Waals surface area (Å²) in [6.07, 6.45) is -0.768. The van der Waals surface area contributed by atoms with Gasteiger partial charge in [-0.1, -0.05) is 6.92 Å². The van der Waals surface area contributed by atoms with E-state index in [-0.39, 0.29) is 6.61 Å². The fourth-order valence-electron chi connectivity index (χ4n) is 1.33. The van der Waals surface area contributed by atoms with Crippen LogP contribution in [-0.4, -0.2) is 24.4 Å². The van der Waals surface area contributed by atoms with Gasteiger partial charge in [0.15, 0.2) is 17.4 Å². The molecule has 1 atom stereocenters. The molecule has 0 amide bonds. The molecule has 0 heterocycles. The third-order valence-electron chi connectivity index (χ3n) is 2.11. The first-order chi connectivity index (χ1) is 8.04. The maximum Gasteiger partial charge on any atom is 0.190 e. The van der Waals surface area contributed by atoms with Crippen LogP contribution < -0.4 is 10.1 Å². The molecule has 1 unspecified atom stereocenters. The van der Waals surface area contributed by atoms with Gasteiger partial charge in [0.1, 0.15) is 6.61 Å². The van der Waals surface area contributed by atoms with Gasteiger partial charge in [0, 0.05) is 6.54 Å². The molecule has 0 fully saturated rings. The van der Waals surface area contributed by atoms with Gasteiger partial charge in [-0.05, 0) is 31.2 Å². The summed E-state index contributed by atoms with van der Waals surface area (Å²) in [5, 5.41) is 12.0. The summed E-state index contributed by atoms with van der Waals surface area (Å²) in [7, 11) is 0. The molecule has 0 aliphatic heterocycles. The second-order valence-electron chi connectivity index (χ2n) is 3.83. The van der Waals surface area contributed by atoms with Crippen molar-refractivity contribution in [1.29, 1.82) is 0 Å².